The van der Waals surface area contributed by atoms with Crippen molar-refractivity contribution in [2.24, 2.45) is 0 Å². The van der Waals surface area contributed by atoms with E-state index in [1.807, 2.05) is 12.1 Å². The Bertz CT molecular complexity index is 642. The van der Waals surface area contributed by atoms with Crippen LogP contribution in [0.15, 0.2) is 48.5 Å². The molecule has 0 saturated heterocycles. The van der Waals surface area contributed by atoms with E-state index >= 15 is 0 Å². The Kier molecular flexibility index (Phi) is 4.35. The van der Waals surface area contributed by atoms with Gasteiger partial charge >= 0.3 is 5.97 Å². The number of nitrogens with two attached hydrogens (primary N) is 1. The number of rotatable bonds is 4. The van der Waals surface area contributed by atoms with Crippen LogP contribution >= 0.6 is 0 Å². The highest BCUT2D eigenvalue weighted by Gasteiger charge is 2.05. The summed E-state index contributed by atoms with van der Waals surface area (Å²) >= 11 is 0. The van der Waals surface area contributed by atoms with Crippen molar-refractivity contribution < 1.29 is 9.53 Å². The maximum atomic E-state index is 11.7. The molecule has 0 aliphatic heterocycles. The molecule has 0 atom stereocenters. The van der Waals surface area contributed by atoms with Gasteiger partial charge in [-0.2, -0.15) is 5.26 Å². The third-order valence-electron chi connectivity index (χ3n) is 2.78. The standard InChI is InChI=1S/C16H14N2O2/c17-10-13-2-1-3-14(8-13)11-20-16(19)9-12-4-6-15(18)7-5-12/h1-8H,9,11,18H2. The van der Waals surface area contributed by atoms with Crippen molar-refractivity contribution in [1.82, 2.24) is 0 Å². The van der Waals surface area contributed by atoms with Crippen LogP contribution in [0.2, 0.25) is 0 Å². The number of nitrogen functional groups attached to an aromatic ring is 1. The summed E-state index contributed by atoms with van der Waals surface area (Å²) in [5.74, 6) is -0.308. The maximum absolute atomic E-state index is 11.7. The molecule has 0 saturated carbocycles. The Morgan fingerprint density at radius 1 is 1.15 bits per heavy atom. The Balaban J connectivity index is 1.89. The number of esters is 1. The van der Waals surface area contributed by atoms with E-state index in [1.54, 1.807) is 42.5 Å². The summed E-state index contributed by atoms with van der Waals surface area (Å²) in [7, 11) is 0. The molecule has 0 radical (unpaired) electrons. The number of carbonyl (C=O) groups is 1. The van der Waals surface area contributed by atoms with Crippen LogP contribution in [0.5, 0.6) is 0 Å². The predicted octanol–water partition coefficient (Wildman–Crippen LogP) is 2.43. The number of benzene rings is 2. The van der Waals surface area contributed by atoms with Crippen LogP contribution in [0.1, 0.15) is 16.7 Å². The highest BCUT2D eigenvalue weighted by Crippen LogP contribution is 2.09. The van der Waals surface area contributed by atoms with Crippen LogP contribution in [-0.2, 0) is 22.6 Å². The van der Waals surface area contributed by atoms with Gasteiger partial charge in [-0.15, -0.1) is 0 Å². The van der Waals surface area contributed by atoms with Gasteiger partial charge in [-0.05, 0) is 35.4 Å². The maximum Gasteiger partial charge on any atom is 0.310 e. The number of nitriles is 1. The molecule has 0 heterocycles. The van der Waals surface area contributed by atoms with Crippen molar-refractivity contribution in [3.05, 3.63) is 65.2 Å². The van der Waals surface area contributed by atoms with Gasteiger partial charge in [-0.25, -0.2) is 0 Å². The number of anilines is 1. The van der Waals surface area contributed by atoms with Gasteiger partial charge in [0.15, 0.2) is 0 Å². The summed E-state index contributed by atoms with van der Waals surface area (Å²) < 4.78 is 5.18. The molecule has 0 bridgehead atoms. The molecule has 0 aliphatic carbocycles. The average molecular weight is 266 g/mol. The van der Waals surface area contributed by atoms with Crippen molar-refractivity contribution in [3.63, 3.8) is 0 Å². The molecule has 0 aromatic heterocycles. The van der Waals surface area contributed by atoms with Crippen LogP contribution in [0.4, 0.5) is 5.69 Å². The van der Waals surface area contributed by atoms with Crippen LogP contribution in [0.25, 0.3) is 0 Å². The zero-order chi connectivity index (χ0) is 14.4. The fourth-order valence-corrected chi connectivity index (χ4v) is 1.75. The molecule has 2 rings (SSSR count). The largest absolute Gasteiger partial charge is 0.461 e. The van der Waals surface area contributed by atoms with Gasteiger partial charge < -0.3 is 10.5 Å². The van der Waals surface area contributed by atoms with E-state index in [1.165, 1.54) is 0 Å². The van der Waals surface area contributed by atoms with Crippen molar-refractivity contribution >= 4 is 11.7 Å². The summed E-state index contributed by atoms with van der Waals surface area (Å²) in [5.41, 5.74) is 8.45. The van der Waals surface area contributed by atoms with Gasteiger partial charge in [-0.1, -0.05) is 24.3 Å². The van der Waals surface area contributed by atoms with E-state index in [9.17, 15) is 4.79 Å². The second-order valence-corrected chi connectivity index (χ2v) is 4.39. The SMILES string of the molecule is N#Cc1cccc(COC(=O)Cc2ccc(N)cc2)c1. The minimum atomic E-state index is -0.308. The first-order valence-corrected chi connectivity index (χ1v) is 6.16. The smallest absolute Gasteiger partial charge is 0.310 e. The van der Waals surface area contributed by atoms with E-state index in [0.29, 0.717) is 11.3 Å². The fourth-order valence-electron chi connectivity index (χ4n) is 1.75. The molecule has 20 heavy (non-hydrogen) atoms. The van der Waals surface area contributed by atoms with E-state index in [0.717, 1.165) is 11.1 Å². The van der Waals surface area contributed by atoms with Crippen molar-refractivity contribution in [1.29, 1.82) is 5.26 Å². The van der Waals surface area contributed by atoms with Crippen LogP contribution in [0.3, 0.4) is 0 Å². The molecule has 0 fully saturated rings. The molecule has 2 aromatic carbocycles. The van der Waals surface area contributed by atoms with Gasteiger partial charge in [0.1, 0.15) is 6.61 Å². The summed E-state index contributed by atoms with van der Waals surface area (Å²) in [6.07, 6.45) is 0.207. The van der Waals surface area contributed by atoms with E-state index in [2.05, 4.69) is 0 Å². The molecule has 0 spiro atoms. The molecular weight excluding hydrogens is 252 g/mol. The molecular formula is C16H14N2O2. The topological polar surface area (TPSA) is 76.1 Å². The first-order valence-electron chi connectivity index (χ1n) is 6.16. The number of hydrogen-bond acceptors (Lipinski definition) is 4. The van der Waals surface area contributed by atoms with Crippen LogP contribution in [-0.4, -0.2) is 5.97 Å². The Labute approximate surface area is 117 Å². The summed E-state index contributed by atoms with van der Waals surface area (Å²) in [4.78, 5) is 11.7. The van der Waals surface area contributed by atoms with Crippen molar-refractivity contribution in [2.75, 3.05) is 5.73 Å². The lowest BCUT2D eigenvalue weighted by Crippen LogP contribution is -2.08. The second kappa shape index (κ2) is 6.39. The summed E-state index contributed by atoms with van der Waals surface area (Å²) in [5, 5.41) is 8.79. The average Bonchev–Trinajstić information content (AvgIpc) is 2.48. The lowest BCUT2D eigenvalue weighted by molar-refractivity contribution is -0.144. The number of hydrogen-bond donors (Lipinski definition) is 1. The Morgan fingerprint density at radius 2 is 1.90 bits per heavy atom. The van der Waals surface area contributed by atoms with E-state index in [-0.39, 0.29) is 19.0 Å². The number of carbonyl (C=O) groups excluding carboxylic acids is 1. The number of nitrogens with zero attached hydrogens (tertiary/aromatic N) is 1. The Morgan fingerprint density at radius 3 is 2.60 bits per heavy atom. The third-order valence-corrected chi connectivity index (χ3v) is 2.78. The van der Waals surface area contributed by atoms with Crippen molar-refractivity contribution in [2.45, 2.75) is 13.0 Å². The fraction of sp³-hybridized carbons (Fsp3) is 0.125. The minimum Gasteiger partial charge on any atom is -0.461 e. The van der Waals surface area contributed by atoms with E-state index < -0.39 is 0 Å². The first-order chi connectivity index (χ1) is 9.67. The first kappa shape index (κ1) is 13.6. The predicted molar refractivity (Wildman–Crippen MR) is 75.5 cm³/mol. The molecule has 100 valence electrons. The minimum absolute atomic E-state index is 0.170. The molecule has 0 amide bonds. The van der Waals surface area contributed by atoms with E-state index in [4.69, 9.17) is 15.7 Å². The summed E-state index contributed by atoms with van der Waals surface area (Å²) in [6, 6.07) is 16.1. The molecule has 4 heteroatoms. The third kappa shape index (κ3) is 3.85. The van der Waals surface area contributed by atoms with Crippen LogP contribution in [0, 0.1) is 11.3 Å². The zero-order valence-electron chi connectivity index (χ0n) is 10.9. The number of ether oxygens (including phenoxy) is 1. The highest BCUT2D eigenvalue weighted by atomic mass is 16.5. The Hall–Kier alpha value is -2.80. The molecule has 4 nitrogen and oxygen atoms in total. The van der Waals surface area contributed by atoms with Gasteiger partial charge in [0, 0.05) is 5.69 Å². The normalized spacial score (nSPS) is 9.75. The quantitative estimate of drug-likeness (QED) is 0.681. The molecule has 2 N–H and O–H groups in total. The monoisotopic (exact) mass is 266 g/mol. The molecule has 2 aromatic rings. The highest BCUT2D eigenvalue weighted by molar-refractivity contribution is 5.72. The molecule has 0 aliphatic rings. The van der Waals surface area contributed by atoms with Gasteiger partial charge in [-0.3, -0.25) is 4.79 Å². The van der Waals surface area contributed by atoms with Gasteiger partial charge in [0.25, 0.3) is 0 Å². The lowest BCUT2D eigenvalue weighted by atomic mass is 10.1. The van der Waals surface area contributed by atoms with Crippen LogP contribution < -0.4 is 5.73 Å². The van der Waals surface area contributed by atoms with Gasteiger partial charge in [0.2, 0.25) is 0 Å². The van der Waals surface area contributed by atoms with Gasteiger partial charge in [0.05, 0.1) is 18.1 Å². The summed E-state index contributed by atoms with van der Waals surface area (Å²) in [6.45, 7) is 0.170. The zero-order valence-corrected chi connectivity index (χ0v) is 10.9. The molecule has 0 unspecified atom stereocenters. The second-order valence-electron chi connectivity index (χ2n) is 4.39. The lowest BCUT2D eigenvalue weighted by Gasteiger charge is -2.05. The van der Waals surface area contributed by atoms with Crippen molar-refractivity contribution in [3.8, 4) is 6.07 Å².